The summed E-state index contributed by atoms with van der Waals surface area (Å²) in [6.45, 7) is 6.63. The van der Waals surface area contributed by atoms with Crippen LogP contribution in [0.15, 0.2) is 16.5 Å². The zero-order chi connectivity index (χ0) is 9.68. The van der Waals surface area contributed by atoms with Gasteiger partial charge in [0.15, 0.2) is 0 Å². The van der Waals surface area contributed by atoms with E-state index in [1.807, 2.05) is 19.1 Å². The molecule has 3 heteroatoms. The van der Waals surface area contributed by atoms with Crippen LogP contribution in [0.3, 0.4) is 0 Å². The molecule has 1 heterocycles. The van der Waals surface area contributed by atoms with E-state index in [1.54, 1.807) is 0 Å². The Bertz CT molecular complexity index is 245. The molecule has 13 heavy (non-hydrogen) atoms. The molecule has 0 unspecified atom stereocenters. The summed E-state index contributed by atoms with van der Waals surface area (Å²) in [6.07, 6.45) is 0. The Morgan fingerprint density at radius 2 is 2.23 bits per heavy atom. The van der Waals surface area contributed by atoms with Crippen LogP contribution in [-0.4, -0.2) is 29.7 Å². The summed E-state index contributed by atoms with van der Waals surface area (Å²) in [6, 6.07) is 3.94. The lowest BCUT2D eigenvalue weighted by Crippen LogP contribution is -2.25. The average molecular weight is 183 g/mol. The Labute approximate surface area is 79.0 Å². The minimum Gasteiger partial charge on any atom is -0.465 e. The first-order chi connectivity index (χ1) is 6.26. The zero-order valence-electron chi connectivity index (χ0n) is 8.29. The van der Waals surface area contributed by atoms with Gasteiger partial charge in [0.25, 0.3) is 0 Å². The van der Waals surface area contributed by atoms with Crippen LogP contribution in [0.5, 0.6) is 0 Å². The second kappa shape index (κ2) is 5.04. The number of rotatable bonds is 5. The Hall–Kier alpha value is -0.800. The maximum absolute atomic E-state index is 8.78. The summed E-state index contributed by atoms with van der Waals surface area (Å²) in [5, 5.41) is 8.78. The molecule has 1 N–H and O–H groups in total. The molecule has 0 radical (unpaired) electrons. The van der Waals surface area contributed by atoms with E-state index < -0.39 is 0 Å². The van der Waals surface area contributed by atoms with E-state index in [2.05, 4.69) is 11.8 Å². The fraction of sp³-hybridized carbons (Fsp3) is 0.600. The fourth-order valence-electron chi connectivity index (χ4n) is 1.28. The topological polar surface area (TPSA) is 36.6 Å². The first-order valence-corrected chi connectivity index (χ1v) is 4.64. The molecule has 0 aliphatic carbocycles. The van der Waals surface area contributed by atoms with Crippen molar-refractivity contribution >= 4 is 0 Å². The summed E-state index contributed by atoms with van der Waals surface area (Å²) in [4.78, 5) is 2.14. The number of hydrogen-bond acceptors (Lipinski definition) is 3. The summed E-state index contributed by atoms with van der Waals surface area (Å²) in [5.41, 5.74) is 0. The van der Waals surface area contributed by atoms with Crippen molar-refractivity contribution in [3.63, 3.8) is 0 Å². The third-order valence-corrected chi connectivity index (χ3v) is 2.04. The van der Waals surface area contributed by atoms with Gasteiger partial charge in [-0.2, -0.15) is 0 Å². The van der Waals surface area contributed by atoms with Gasteiger partial charge in [0.1, 0.15) is 11.5 Å². The van der Waals surface area contributed by atoms with Gasteiger partial charge in [-0.3, -0.25) is 4.90 Å². The van der Waals surface area contributed by atoms with Gasteiger partial charge in [0, 0.05) is 6.54 Å². The molecule has 0 spiro atoms. The van der Waals surface area contributed by atoms with E-state index in [-0.39, 0.29) is 6.61 Å². The van der Waals surface area contributed by atoms with Crippen LogP contribution in [0.25, 0.3) is 0 Å². The monoisotopic (exact) mass is 183 g/mol. The second-order valence-electron chi connectivity index (χ2n) is 3.10. The van der Waals surface area contributed by atoms with Crippen LogP contribution in [-0.2, 0) is 6.54 Å². The zero-order valence-corrected chi connectivity index (χ0v) is 8.29. The third kappa shape index (κ3) is 3.20. The van der Waals surface area contributed by atoms with Crippen LogP contribution in [0, 0.1) is 6.92 Å². The van der Waals surface area contributed by atoms with Crippen LogP contribution in [0.1, 0.15) is 18.4 Å². The number of likely N-dealkylation sites (N-methyl/N-ethyl adjacent to an activating group) is 1. The smallest absolute Gasteiger partial charge is 0.118 e. The van der Waals surface area contributed by atoms with Gasteiger partial charge in [-0.25, -0.2) is 0 Å². The number of furan rings is 1. The molecule has 1 aromatic rings. The standard InChI is InChI=1S/C10H17NO2/c1-3-11(6-7-12)8-10-5-4-9(2)13-10/h4-5,12H,3,6-8H2,1-2H3. The molecule has 74 valence electrons. The van der Waals surface area contributed by atoms with Gasteiger partial charge >= 0.3 is 0 Å². The summed E-state index contributed by atoms with van der Waals surface area (Å²) >= 11 is 0. The highest BCUT2D eigenvalue weighted by Gasteiger charge is 2.05. The van der Waals surface area contributed by atoms with Crippen molar-refractivity contribution in [3.05, 3.63) is 23.7 Å². The quantitative estimate of drug-likeness (QED) is 0.749. The number of nitrogens with zero attached hydrogens (tertiary/aromatic N) is 1. The van der Waals surface area contributed by atoms with E-state index in [0.717, 1.165) is 24.6 Å². The Morgan fingerprint density at radius 3 is 2.69 bits per heavy atom. The van der Waals surface area contributed by atoms with Crippen LogP contribution < -0.4 is 0 Å². The lowest BCUT2D eigenvalue weighted by atomic mass is 10.4. The minimum atomic E-state index is 0.202. The molecule has 1 rings (SSSR count). The molecule has 0 aromatic carbocycles. The van der Waals surface area contributed by atoms with Crippen LogP contribution in [0.4, 0.5) is 0 Å². The Morgan fingerprint density at radius 1 is 1.46 bits per heavy atom. The van der Waals surface area contributed by atoms with E-state index in [1.165, 1.54) is 0 Å². The van der Waals surface area contributed by atoms with E-state index >= 15 is 0 Å². The molecule has 0 atom stereocenters. The molecule has 1 aromatic heterocycles. The molecule has 0 amide bonds. The SMILES string of the molecule is CCN(CCO)Cc1ccc(C)o1. The van der Waals surface area contributed by atoms with Crippen molar-refractivity contribution in [2.24, 2.45) is 0 Å². The molecule has 0 aliphatic rings. The molecule has 0 fully saturated rings. The molecule has 0 saturated heterocycles. The highest BCUT2D eigenvalue weighted by molar-refractivity contribution is 5.05. The summed E-state index contributed by atoms with van der Waals surface area (Å²) in [7, 11) is 0. The Balaban J connectivity index is 2.46. The predicted molar refractivity (Wildman–Crippen MR) is 51.5 cm³/mol. The molecule has 0 aliphatic heterocycles. The Kier molecular flexibility index (Phi) is 3.99. The molecular formula is C10H17NO2. The van der Waals surface area contributed by atoms with E-state index in [0.29, 0.717) is 6.54 Å². The van der Waals surface area contributed by atoms with Gasteiger partial charge in [-0.15, -0.1) is 0 Å². The van der Waals surface area contributed by atoms with E-state index in [4.69, 9.17) is 9.52 Å². The predicted octanol–water partition coefficient (Wildman–Crippen LogP) is 1.40. The molecule has 0 bridgehead atoms. The van der Waals surface area contributed by atoms with Gasteiger partial charge in [-0.05, 0) is 25.6 Å². The van der Waals surface area contributed by atoms with Gasteiger partial charge in [0.2, 0.25) is 0 Å². The van der Waals surface area contributed by atoms with Crippen molar-refractivity contribution in [1.29, 1.82) is 0 Å². The van der Waals surface area contributed by atoms with Crippen molar-refractivity contribution in [1.82, 2.24) is 4.90 Å². The maximum atomic E-state index is 8.78. The maximum Gasteiger partial charge on any atom is 0.118 e. The molecule has 3 nitrogen and oxygen atoms in total. The molecular weight excluding hydrogens is 166 g/mol. The minimum absolute atomic E-state index is 0.202. The van der Waals surface area contributed by atoms with Crippen molar-refractivity contribution in [2.75, 3.05) is 19.7 Å². The van der Waals surface area contributed by atoms with Gasteiger partial charge < -0.3 is 9.52 Å². The van der Waals surface area contributed by atoms with Crippen LogP contribution in [0.2, 0.25) is 0 Å². The van der Waals surface area contributed by atoms with Gasteiger partial charge in [0.05, 0.1) is 13.2 Å². The number of aliphatic hydroxyl groups excluding tert-OH is 1. The summed E-state index contributed by atoms with van der Waals surface area (Å²) < 4.78 is 5.44. The lowest BCUT2D eigenvalue weighted by molar-refractivity contribution is 0.187. The number of hydrogen-bond donors (Lipinski definition) is 1. The first kappa shape index (κ1) is 10.3. The lowest BCUT2D eigenvalue weighted by Gasteiger charge is -2.16. The second-order valence-corrected chi connectivity index (χ2v) is 3.10. The number of aryl methyl sites for hydroxylation is 1. The fourth-order valence-corrected chi connectivity index (χ4v) is 1.28. The van der Waals surface area contributed by atoms with Crippen LogP contribution >= 0.6 is 0 Å². The highest BCUT2D eigenvalue weighted by atomic mass is 16.3. The van der Waals surface area contributed by atoms with Gasteiger partial charge in [-0.1, -0.05) is 6.92 Å². The third-order valence-electron chi connectivity index (χ3n) is 2.04. The summed E-state index contributed by atoms with van der Waals surface area (Å²) in [5.74, 6) is 1.91. The first-order valence-electron chi connectivity index (χ1n) is 4.64. The van der Waals surface area contributed by atoms with E-state index in [9.17, 15) is 0 Å². The normalized spacial score (nSPS) is 11.1. The highest BCUT2D eigenvalue weighted by Crippen LogP contribution is 2.08. The molecule has 0 saturated carbocycles. The largest absolute Gasteiger partial charge is 0.465 e. The van der Waals surface area contributed by atoms with Crippen molar-refractivity contribution in [2.45, 2.75) is 20.4 Å². The average Bonchev–Trinajstić information content (AvgIpc) is 2.50. The van der Waals surface area contributed by atoms with Crippen molar-refractivity contribution in [3.8, 4) is 0 Å². The van der Waals surface area contributed by atoms with Crippen molar-refractivity contribution < 1.29 is 9.52 Å². The number of aliphatic hydroxyl groups is 1.